The van der Waals surface area contributed by atoms with Crippen molar-refractivity contribution < 1.29 is 0 Å². The summed E-state index contributed by atoms with van der Waals surface area (Å²) >= 11 is 0. The van der Waals surface area contributed by atoms with E-state index in [0.717, 1.165) is 21.8 Å². The number of rotatable bonds is 0. The number of hydrogen-bond donors (Lipinski definition) is 0. The second kappa shape index (κ2) is 7.51. The maximum Gasteiger partial charge on any atom is 0.0964 e. The second-order valence-corrected chi connectivity index (χ2v) is 5.31. The van der Waals surface area contributed by atoms with Crippen molar-refractivity contribution in [1.82, 2.24) is 9.97 Å². The normalized spacial score (nSPS) is 14.2. The molecule has 0 N–H and O–H groups in total. The molecule has 2 aromatic heterocycles. The number of hydrogen-bond acceptors (Lipinski definition) is 2. The van der Waals surface area contributed by atoms with Gasteiger partial charge in [0.05, 0.1) is 11.0 Å². The Labute approximate surface area is 131 Å². The van der Waals surface area contributed by atoms with Crippen LogP contribution in [0.3, 0.4) is 0 Å². The van der Waals surface area contributed by atoms with Gasteiger partial charge in [-0.2, -0.15) is 0 Å². The highest BCUT2D eigenvalue weighted by Gasteiger charge is 2.00. The Bertz CT molecular complexity index is 722. The Morgan fingerprint density at radius 3 is 1.36 bits per heavy atom. The molecule has 0 fully saturated rings. The average molecular weight is 288 g/mol. The van der Waals surface area contributed by atoms with Gasteiger partial charge in [-0.3, -0.25) is 9.97 Å². The van der Waals surface area contributed by atoms with Crippen LogP contribution in [0.2, 0.25) is 0 Å². The van der Waals surface area contributed by atoms with E-state index in [1.54, 1.807) is 12.4 Å². The minimum atomic E-state index is 0.977. The third kappa shape index (κ3) is 3.59. The molecule has 1 aromatic carbocycles. The minimum Gasteiger partial charge on any atom is -0.254 e. The molecule has 0 unspecified atom stereocenters. The topological polar surface area (TPSA) is 25.8 Å². The fourth-order valence-corrected chi connectivity index (χ4v) is 2.54. The zero-order chi connectivity index (χ0) is 15.0. The summed E-state index contributed by atoms with van der Waals surface area (Å²) in [6, 6.07) is 12.1. The van der Waals surface area contributed by atoms with Crippen LogP contribution < -0.4 is 0 Å². The monoisotopic (exact) mass is 288 g/mol. The van der Waals surface area contributed by atoms with Crippen molar-refractivity contribution in [1.29, 1.82) is 0 Å². The summed E-state index contributed by atoms with van der Waals surface area (Å²) in [6.07, 6.45) is 17.6. The van der Waals surface area contributed by atoms with Crippen molar-refractivity contribution >= 4 is 21.8 Å². The van der Waals surface area contributed by atoms with Crippen LogP contribution in [0.4, 0.5) is 0 Å². The molecule has 0 aliphatic heterocycles. The molecule has 1 aliphatic carbocycles. The molecule has 0 bridgehead atoms. The summed E-state index contributed by atoms with van der Waals surface area (Å²) in [5.74, 6) is 0. The molecule has 2 heterocycles. The second-order valence-electron chi connectivity index (χ2n) is 5.31. The van der Waals surface area contributed by atoms with Crippen LogP contribution in [-0.4, -0.2) is 9.97 Å². The van der Waals surface area contributed by atoms with E-state index in [-0.39, 0.29) is 0 Å². The van der Waals surface area contributed by atoms with Crippen molar-refractivity contribution in [2.24, 2.45) is 0 Å². The molecule has 2 heteroatoms. The van der Waals surface area contributed by atoms with E-state index in [2.05, 4.69) is 58.5 Å². The Morgan fingerprint density at radius 2 is 0.955 bits per heavy atom. The predicted octanol–water partition coefficient (Wildman–Crippen LogP) is 5.46. The third-order valence-electron chi connectivity index (χ3n) is 3.68. The van der Waals surface area contributed by atoms with Gasteiger partial charge in [-0.25, -0.2) is 0 Å². The summed E-state index contributed by atoms with van der Waals surface area (Å²) in [4.78, 5) is 8.69. The van der Waals surface area contributed by atoms with E-state index in [1.165, 1.54) is 25.7 Å². The first kappa shape index (κ1) is 14.5. The van der Waals surface area contributed by atoms with Crippen LogP contribution >= 0.6 is 0 Å². The summed E-state index contributed by atoms with van der Waals surface area (Å²) in [7, 11) is 0. The number of nitrogens with zero attached hydrogens (tertiary/aromatic N) is 2. The van der Waals surface area contributed by atoms with Crippen LogP contribution in [0.5, 0.6) is 0 Å². The van der Waals surface area contributed by atoms with Crippen molar-refractivity contribution in [3.05, 3.63) is 73.1 Å². The highest BCUT2D eigenvalue weighted by atomic mass is 14.7. The van der Waals surface area contributed by atoms with Gasteiger partial charge in [-0.15, -0.1) is 0 Å². The predicted molar refractivity (Wildman–Crippen MR) is 93.8 cm³/mol. The number of pyridine rings is 2. The summed E-state index contributed by atoms with van der Waals surface area (Å²) in [6.45, 7) is 0. The van der Waals surface area contributed by atoms with Crippen LogP contribution in [-0.2, 0) is 0 Å². The summed E-state index contributed by atoms with van der Waals surface area (Å²) in [5.41, 5.74) is 1.95. The molecule has 3 aromatic rings. The fourth-order valence-electron chi connectivity index (χ4n) is 2.54. The van der Waals surface area contributed by atoms with Crippen molar-refractivity contribution in [2.45, 2.75) is 25.7 Å². The Kier molecular flexibility index (Phi) is 4.93. The van der Waals surface area contributed by atoms with Crippen LogP contribution in [0, 0.1) is 0 Å². The van der Waals surface area contributed by atoms with E-state index in [1.807, 2.05) is 12.1 Å². The molecule has 2 nitrogen and oxygen atoms in total. The first-order chi connectivity index (χ1) is 10.9. The molecule has 0 spiro atoms. The minimum absolute atomic E-state index is 0.977. The molecule has 110 valence electrons. The van der Waals surface area contributed by atoms with Gasteiger partial charge in [0.25, 0.3) is 0 Å². The average Bonchev–Trinajstić information content (AvgIpc) is 2.55. The van der Waals surface area contributed by atoms with Gasteiger partial charge >= 0.3 is 0 Å². The first-order valence-corrected chi connectivity index (χ1v) is 7.83. The largest absolute Gasteiger partial charge is 0.254 e. The lowest BCUT2D eigenvalue weighted by atomic mass is 10.1. The van der Waals surface area contributed by atoms with E-state index in [0.29, 0.717) is 0 Å². The molecule has 4 rings (SSSR count). The summed E-state index contributed by atoms with van der Waals surface area (Å²) < 4.78 is 0. The van der Waals surface area contributed by atoms with Gasteiger partial charge in [0, 0.05) is 23.2 Å². The quantitative estimate of drug-likeness (QED) is 0.406. The van der Waals surface area contributed by atoms with Gasteiger partial charge in [-0.05, 0) is 37.8 Å². The van der Waals surface area contributed by atoms with E-state index in [4.69, 9.17) is 0 Å². The lowest BCUT2D eigenvalue weighted by molar-refractivity contribution is 0.962. The Balaban J connectivity index is 0.000000154. The maximum absolute atomic E-state index is 4.35. The van der Waals surface area contributed by atoms with Crippen LogP contribution in [0.15, 0.2) is 73.1 Å². The van der Waals surface area contributed by atoms with Crippen LogP contribution in [0.1, 0.15) is 25.7 Å². The van der Waals surface area contributed by atoms with E-state index < -0.39 is 0 Å². The Morgan fingerprint density at radius 1 is 0.545 bits per heavy atom. The standard InChI is InChI=1S/C12H8N2.C8H12/c1-3-9-5-6-10-4-2-8-14-12(10)11(9)13-7-1;1-2-4-6-8-7-5-3-1/h1-8H;1-2,7-8H,3-6H2. The van der Waals surface area contributed by atoms with Gasteiger partial charge in [0.1, 0.15) is 0 Å². The van der Waals surface area contributed by atoms with Gasteiger partial charge in [0.15, 0.2) is 0 Å². The number of aromatic nitrogens is 2. The molecule has 0 radical (unpaired) electrons. The van der Waals surface area contributed by atoms with Crippen LogP contribution in [0.25, 0.3) is 21.8 Å². The van der Waals surface area contributed by atoms with Gasteiger partial charge < -0.3 is 0 Å². The molecule has 22 heavy (non-hydrogen) atoms. The zero-order valence-corrected chi connectivity index (χ0v) is 12.7. The molecule has 0 saturated carbocycles. The Hall–Kier alpha value is -2.48. The molecule has 0 atom stereocenters. The smallest absolute Gasteiger partial charge is 0.0964 e. The van der Waals surface area contributed by atoms with Gasteiger partial charge in [0.2, 0.25) is 0 Å². The number of fused-ring (bicyclic) bond motifs is 3. The molecule has 0 saturated heterocycles. The first-order valence-electron chi connectivity index (χ1n) is 7.83. The van der Waals surface area contributed by atoms with Gasteiger partial charge in [-0.1, -0.05) is 48.6 Å². The highest BCUT2D eigenvalue weighted by Crippen LogP contribution is 2.20. The molecular weight excluding hydrogens is 268 g/mol. The zero-order valence-electron chi connectivity index (χ0n) is 12.7. The molecule has 1 aliphatic rings. The van der Waals surface area contributed by atoms with E-state index in [9.17, 15) is 0 Å². The highest BCUT2D eigenvalue weighted by molar-refractivity contribution is 6.02. The fraction of sp³-hybridized carbons (Fsp3) is 0.200. The van der Waals surface area contributed by atoms with Crippen molar-refractivity contribution in [3.8, 4) is 0 Å². The van der Waals surface area contributed by atoms with E-state index >= 15 is 0 Å². The number of allylic oxidation sites excluding steroid dienone is 4. The lowest BCUT2D eigenvalue weighted by Gasteiger charge is -2.00. The molecule has 0 amide bonds. The molecular formula is C20H20N2. The summed E-state index contributed by atoms with van der Waals surface area (Å²) in [5, 5.41) is 2.28. The third-order valence-corrected chi connectivity index (χ3v) is 3.68. The lowest BCUT2D eigenvalue weighted by Crippen LogP contribution is -1.83. The SMILES string of the molecule is C1=CCCC=CCC1.c1cnc2c(c1)ccc1cccnc12. The maximum atomic E-state index is 4.35. The van der Waals surface area contributed by atoms with Crippen molar-refractivity contribution in [2.75, 3.05) is 0 Å². The van der Waals surface area contributed by atoms with Crippen molar-refractivity contribution in [3.63, 3.8) is 0 Å². The number of benzene rings is 1.